The summed E-state index contributed by atoms with van der Waals surface area (Å²) < 4.78 is 27.7. The van der Waals surface area contributed by atoms with Gasteiger partial charge in [0.05, 0.1) is 51.4 Å². The number of imidazole rings is 2. The fraction of sp³-hybridized carbons (Fsp3) is 0.111. The lowest BCUT2D eigenvalue weighted by Crippen LogP contribution is -2.05. The zero-order chi connectivity index (χ0) is 21.7. The quantitative estimate of drug-likeness (QED) is 0.348. The van der Waals surface area contributed by atoms with Gasteiger partial charge in [0.2, 0.25) is 0 Å². The third kappa shape index (κ3) is 3.67. The first kappa shape index (κ1) is 20.0. The minimum Gasteiger partial charge on any atom is -0.375 e. The molecule has 5 rings (SSSR count). The summed E-state index contributed by atoms with van der Waals surface area (Å²) in [6.45, 7) is -2.42. The fourth-order valence-electron chi connectivity index (χ4n) is 3.16. The zero-order valence-corrected chi connectivity index (χ0v) is 17.6. The average molecular weight is 484 g/mol. The number of benzene rings is 1. The van der Waals surface area contributed by atoms with Crippen molar-refractivity contribution in [2.75, 3.05) is 5.32 Å². The second kappa shape index (κ2) is 7.63. The molecule has 0 bridgehead atoms. The number of alkyl halides is 2. The van der Waals surface area contributed by atoms with Gasteiger partial charge in [-0.1, -0.05) is 34.8 Å². The van der Waals surface area contributed by atoms with Gasteiger partial charge in [-0.25, -0.2) is 19.2 Å². The summed E-state index contributed by atoms with van der Waals surface area (Å²) in [5.74, 6) is 0.643. The van der Waals surface area contributed by atoms with Crippen LogP contribution in [0.4, 0.5) is 14.5 Å². The van der Waals surface area contributed by atoms with Gasteiger partial charge >= 0.3 is 6.55 Å². The molecule has 158 valence electrons. The largest absolute Gasteiger partial charge is 0.375 e. The van der Waals surface area contributed by atoms with E-state index in [0.29, 0.717) is 55.2 Å². The van der Waals surface area contributed by atoms with Crippen molar-refractivity contribution in [2.45, 2.75) is 13.1 Å². The second-order valence-corrected chi connectivity index (χ2v) is 7.77. The van der Waals surface area contributed by atoms with Crippen molar-refractivity contribution in [1.82, 2.24) is 34.3 Å². The van der Waals surface area contributed by atoms with Gasteiger partial charge in [-0.05, 0) is 12.1 Å². The molecule has 4 heterocycles. The lowest BCUT2D eigenvalue weighted by molar-refractivity contribution is 0.0566. The molecule has 0 saturated carbocycles. The molecule has 0 radical (unpaired) electrons. The van der Waals surface area contributed by atoms with Crippen molar-refractivity contribution >= 4 is 57.2 Å². The van der Waals surface area contributed by atoms with Crippen LogP contribution < -0.4 is 5.32 Å². The highest BCUT2D eigenvalue weighted by Gasteiger charge is 2.16. The number of aromatic nitrogens is 7. The molecule has 13 heteroatoms. The molecular weight excluding hydrogens is 473 g/mol. The van der Waals surface area contributed by atoms with Gasteiger partial charge in [0.25, 0.3) is 0 Å². The van der Waals surface area contributed by atoms with Crippen molar-refractivity contribution in [3.05, 3.63) is 57.8 Å². The minimum absolute atomic E-state index is 0.193. The van der Waals surface area contributed by atoms with E-state index in [1.54, 1.807) is 18.2 Å². The van der Waals surface area contributed by atoms with Crippen LogP contribution in [0.25, 0.3) is 27.9 Å². The highest BCUT2D eigenvalue weighted by molar-refractivity contribution is 6.42. The maximum atomic E-state index is 12.9. The normalized spacial score (nSPS) is 11.8. The predicted octanol–water partition coefficient (Wildman–Crippen LogP) is 5.44. The topological polar surface area (TPSA) is 88.7 Å². The number of halogens is 5. The first-order valence-corrected chi connectivity index (χ1v) is 9.97. The maximum absolute atomic E-state index is 12.9. The van der Waals surface area contributed by atoms with E-state index in [1.807, 2.05) is 0 Å². The zero-order valence-electron chi connectivity index (χ0n) is 15.3. The molecule has 0 saturated heterocycles. The molecule has 0 aliphatic heterocycles. The number of anilines is 1. The SMILES string of the molecule is FC(F)n1cc(-c2cnc3c(NCc4nc5cc(Cl)c(Cl)cc5[nH]4)cc(Cl)nn23)cn1. The molecule has 0 fully saturated rings. The predicted molar refractivity (Wildman–Crippen MR) is 114 cm³/mol. The number of rotatable bonds is 5. The molecule has 31 heavy (non-hydrogen) atoms. The van der Waals surface area contributed by atoms with Gasteiger partial charge in [0.1, 0.15) is 5.82 Å². The lowest BCUT2D eigenvalue weighted by Gasteiger charge is -2.07. The first-order chi connectivity index (χ1) is 14.9. The Bertz CT molecular complexity index is 1390. The van der Waals surface area contributed by atoms with Gasteiger partial charge in [-0.15, -0.1) is 0 Å². The Hall–Kier alpha value is -2.95. The Morgan fingerprint density at radius 3 is 2.68 bits per heavy atom. The summed E-state index contributed by atoms with van der Waals surface area (Å²) in [5, 5.41) is 12.1. The number of H-pyrrole nitrogens is 1. The van der Waals surface area contributed by atoms with E-state index in [-0.39, 0.29) is 5.15 Å². The van der Waals surface area contributed by atoms with Crippen LogP contribution in [-0.2, 0) is 6.54 Å². The summed E-state index contributed by atoms with van der Waals surface area (Å²) in [5.41, 5.74) is 3.39. The van der Waals surface area contributed by atoms with E-state index in [0.717, 1.165) is 5.52 Å². The van der Waals surface area contributed by atoms with Crippen LogP contribution >= 0.6 is 34.8 Å². The van der Waals surface area contributed by atoms with Crippen LogP contribution in [0.1, 0.15) is 12.4 Å². The molecule has 0 atom stereocenters. The van der Waals surface area contributed by atoms with Crippen LogP contribution in [0.5, 0.6) is 0 Å². The summed E-state index contributed by atoms with van der Waals surface area (Å²) in [6.07, 6.45) is 4.05. The van der Waals surface area contributed by atoms with E-state index in [9.17, 15) is 8.78 Å². The van der Waals surface area contributed by atoms with Crippen LogP contribution in [0.3, 0.4) is 0 Å². The van der Waals surface area contributed by atoms with Crippen LogP contribution in [0, 0.1) is 0 Å². The summed E-state index contributed by atoms with van der Waals surface area (Å²) in [4.78, 5) is 12.0. The molecule has 5 aromatic rings. The number of hydrogen-bond acceptors (Lipinski definition) is 5. The van der Waals surface area contributed by atoms with Crippen molar-refractivity contribution in [3.63, 3.8) is 0 Å². The molecule has 1 aromatic carbocycles. The highest BCUT2D eigenvalue weighted by atomic mass is 35.5. The third-order valence-electron chi connectivity index (χ3n) is 4.55. The molecule has 4 aromatic heterocycles. The Kier molecular flexibility index (Phi) is 4.92. The van der Waals surface area contributed by atoms with Gasteiger partial charge in [-0.2, -0.15) is 19.0 Å². The summed E-state index contributed by atoms with van der Waals surface area (Å²) in [6, 6.07) is 5.01. The average Bonchev–Trinajstić information content (AvgIpc) is 3.44. The van der Waals surface area contributed by atoms with Gasteiger partial charge in [0.15, 0.2) is 10.8 Å². The number of nitrogens with zero attached hydrogens (tertiary/aromatic N) is 6. The van der Waals surface area contributed by atoms with Crippen molar-refractivity contribution in [3.8, 4) is 11.3 Å². The molecule has 0 amide bonds. The molecule has 0 aliphatic rings. The van der Waals surface area contributed by atoms with Crippen LogP contribution in [0.15, 0.2) is 36.8 Å². The number of nitrogens with one attached hydrogen (secondary N) is 2. The monoisotopic (exact) mass is 482 g/mol. The molecule has 0 unspecified atom stereocenters. The van der Waals surface area contributed by atoms with E-state index < -0.39 is 6.55 Å². The smallest absolute Gasteiger partial charge is 0.333 e. The van der Waals surface area contributed by atoms with Crippen LogP contribution in [-0.4, -0.2) is 34.3 Å². The fourth-order valence-corrected chi connectivity index (χ4v) is 3.67. The minimum atomic E-state index is -2.74. The Balaban J connectivity index is 1.47. The maximum Gasteiger partial charge on any atom is 0.333 e. The third-order valence-corrected chi connectivity index (χ3v) is 5.46. The lowest BCUT2D eigenvalue weighted by atomic mass is 10.3. The number of hydrogen-bond donors (Lipinski definition) is 2. The van der Waals surface area contributed by atoms with E-state index in [2.05, 4.69) is 30.5 Å². The molecular formula is C18H11Cl3F2N8. The Morgan fingerprint density at radius 2 is 1.90 bits per heavy atom. The molecule has 0 aliphatic carbocycles. The molecule has 0 spiro atoms. The number of fused-ring (bicyclic) bond motifs is 2. The summed E-state index contributed by atoms with van der Waals surface area (Å²) in [7, 11) is 0. The van der Waals surface area contributed by atoms with E-state index in [4.69, 9.17) is 34.8 Å². The Morgan fingerprint density at radius 1 is 1.10 bits per heavy atom. The van der Waals surface area contributed by atoms with E-state index >= 15 is 0 Å². The van der Waals surface area contributed by atoms with Gasteiger partial charge < -0.3 is 10.3 Å². The first-order valence-electron chi connectivity index (χ1n) is 8.83. The highest BCUT2D eigenvalue weighted by Crippen LogP contribution is 2.28. The van der Waals surface area contributed by atoms with Gasteiger partial charge in [-0.3, -0.25) is 0 Å². The number of aromatic amines is 1. The van der Waals surface area contributed by atoms with Crippen molar-refractivity contribution in [2.24, 2.45) is 0 Å². The van der Waals surface area contributed by atoms with Gasteiger partial charge in [0, 0.05) is 17.8 Å². The second-order valence-electron chi connectivity index (χ2n) is 6.57. The van der Waals surface area contributed by atoms with E-state index in [1.165, 1.54) is 23.1 Å². The summed E-state index contributed by atoms with van der Waals surface area (Å²) >= 11 is 18.3. The van der Waals surface area contributed by atoms with Crippen LogP contribution in [0.2, 0.25) is 15.2 Å². The van der Waals surface area contributed by atoms with Crippen molar-refractivity contribution < 1.29 is 8.78 Å². The molecule has 8 nitrogen and oxygen atoms in total. The Labute approximate surface area is 187 Å². The molecule has 2 N–H and O–H groups in total. The van der Waals surface area contributed by atoms with Crippen molar-refractivity contribution in [1.29, 1.82) is 0 Å². The standard InChI is InChI=1S/C18H11Cl3F2N8/c19-9-1-11-12(2-10(9)20)28-16(27-11)6-24-13-3-15(21)29-31-14(5-25-17(13)31)8-4-26-30(7-8)18(22)23/h1-5,7,18,24H,6H2,(H,27,28).